The Balaban J connectivity index is 2.60. The number of hydrogen-bond acceptors (Lipinski definition) is 5. The molecule has 0 bridgehead atoms. The van der Waals surface area contributed by atoms with Gasteiger partial charge in [-0.2, -0.15) is 0 Å². The molecule has 0 aromatic rings. The van der Waals surface area contributed by atoms with Crippen LogP contribution in [0.5, 0.6) is 0 Å². The number of amides is 1. The zero-order valence-corrected chi connectivity index (χ0v) is 17.8. The fourth-order valence-corrected chi connectivity index (χ4v) is 2.88. The zero-order chi connectivity index (χ0) is 20.1. The van der Waals surface area contributed by atoms with Crippen LogP contribution in [0, 0.1) is 5.92 Å². The van der Waals surface area contributed by atoms with E-state index in [1.54, 1.807) is 19.0 Å². The highest BCUT2D eigenvalue weighted by Crippen LogP contribution is 2.12. The third kappa shape index (κ3) is 9.93. The monoisotopic (exact) mass is 385 g/mol. The van der Waals surface area contributed by atoms with E-state index >= 15 is 0 Å². The molecule has 1 amide bonds. The molecule has 0 spiro atoms. The second-order valence-corrected chi connectivity index (χ2v) is 7.27. The van der Waals surface area contributed by atoms with Crippen molar-refractivity contribution in [3.63, 3.8) is 0 Å². The van der Waals surface area contributed by atoms with Crippen LogP contribution in [0.1, 0.15) is 27.2 Å². The maximum Gasteiger partial charge on any atom is 0.243 e. The third-order valence-corrected chi connectivity index (χ3v) is 4.60. The molecular weight excluding hydrogens is 346 g/mol. The van der Waals surface area contributed by atoms with E-state index in [4.69, 9.17) is 9.47 Å². The molecule has 1 heterocycles. The minimum atomic E-state index is -0.0148. The Hall–Kier alpha value is -1.38. The molecule has 1 fully saturated rings. The first-order valence-corrected chi connectivity index (χ1v) is 10.1. The molecule has 8 heteroatoms. The number of rotatable bonds is 11. The molecule has 1 saturated heterocycles. The predicted octanol–water partition coefficient (Wildman–Crippen LogP) is 0.393. The first kappa shape index (κ1) is 23.7. The van der Waals surface area contributed by atoms with E-state index in [1.165, 1.54) is 0 Å². The van der Waals surface area contributed by atoms with Gasteiger partial charge in [0.2, 0.25) is 5.91 Å². The summed E-state index contributed by atoms with van der Waals surface area (Å²) in [6.45, 7) is 13.1. The summed E-state index contributed by atoms with van der Waals surface area (Å²) in [5.74, 6) is 1.18. The lowest BCUT2D eigenvalue weighted by molar-refractivity contribution is -0.127. The van der Waals surface area contributed by atoms with E-state index in [0.29, 0.717) is 17.9 Å². The molecule has 2 N–H and O–H groups in total. The Bertz CT molecular complexity index is 437. The molecule has 1 aliphatic rings. The fraction of sp³-hybridized carbons (Fsp3) is 0.895. The molecule has 0 aromatic heterocycles. The highest BCUT2D eigenvalue weighted by Gasteiger charge is 2.23. The molecule has 1 rings (SSSR count). The average molecular weight is 386 g/mol. The quantitative estimate of drug-likeness (QED) is 0.304. The van der Waals surface area contributed by atoms with Gasteiger partial charge in [0.05, 0.1) is 13.2 Å². The van der Waals surface area contributed by atoms with Gasteiger partial charge in [0.25, 0.3) is 0 Å². The SMILES string of the molecule is CCOCCCNC(=NCC(=O)N(C)C)NCC(C(C)C)N1CCOCC1. The largest absolute Gasteiger partial charge is 0.382 e. The van der Waals surface area contributed by atoms with Crippen LogP contribution in [0.3, 0.4) is 0 Å². The number of carbonyl (C=O) groups is 1. The number of carbonyl (C=O) groups excluding carboxylic acids is 1. The summed E-state index contributed by atoms with van der Waals surface area (Å²) in [4.78, 5) is 20.4. The lowest BCUT2D eigenvalue weighted by Gasteiger charge is -2.37. The Kier molecular flexibility index (Phi) is 12.0. The Labute approximate surface area is 164 Å². The second-order valence-electron chi connectivity index (χ2n) is 7.27. The first-order chi connectivity index (χ1) is 13.0. The van der Waals surface area contributed by atoms with Crippen LogP contribution in [-0.4, -0.2) is 101 Å². The number of guanidine groups is 1. The second kappa shape index (κ2) is 13.7. The van der Waals surface area contributed by atoms with Crippen molar-refractivity contribution in [1.82, 2.24) is 20.4 Å². The van der Waals surface area contributed by atoms with Gasteiger partial charge in [-0.15, -0.1) is 0 Å². The summed E-state index contributed by atoms with van der Waals surface area (Å²) in [5.41, 5.74) is 0. The molecular formula is C19H39N5O3. The molecule has 0 aliphatic carbocycles. The van der Waals surface area contributed by atoms with Gasteiger partial charge in [0.1, 0.15) is 6.54 Å². The van der Waals surface area contributed by atoms with Crippen LogP contribution >= 0.6 is 0 Å². The van der Waals surface area contributed by atoms with Gasteiger partial charge in [0, 0.05) is 59.5 Å². The van der Waals surface area contributed by atoms with Crippen molar-refractivity contribution in [3.8, 4) is 0 Å². The standard InChI is InChI=1S/C19H39N5O3/c1-6-26-11-7-8-20-19(22-15-18(25)23(4)5)21-14-17(16(2)3)24-9-12-27-13-10-24/h16-17H,6-15H2,1-5H3,(H2,20,21,22). The number of ether oxygens (including phenoxy) is 2. The number of morpholine rings is 1. The van der Waals surface area contributed by atoms with Crippen molar-refractivity contribution in [1.29, 1.82) is 0 Å². The van der Waals surface area contributed by atoms with Crippen molar-refractivity contribution < 1.29 is 14.3 Å². The van der Waals surface area contributed by atoms with Crippen LogP contribution in [-0.2, 0) is 14.3 Å². The van der Waals surface area contributed by atoms with E-state index in [2.05, 4.69) is 34.4 Å². The highest BCUT2D eigenvalue weighted by molar-refractivity contribution is 5.84. The Morgan fingerprint density at radius 1 is 1.26 bits per heavy atom. The van der Waals surface area contributed by atoms with Crippen LogP contribution in [0.4, 0.5) is 0 Å². The molecule has 27 heavy (non-hydrogen) atoms. The maximum atomic E-state index is 11.9. The van der Waals surface area contributed by atoms with Gasteiger partial charge >= 0.3 is 0 Å². The predicted molar refractivity (Wildman–Crippen MR) is 109 cm³/mol. The summed E-state index contributed by atoms with van der Waals surface area (Å²) in [7, 11) is 3.49. The Morgan fingerprint density at radius 3 is 2.56 bits per heavy atom. The number of nitrogens with one attached hydrogen (secondary N) is 2. The minimum Gasteiger partial charge on any atom is -0.382 e. The summed E-state index contributed by atoms with van der Waals surface area (Å²) in [6, 6.07) is 0.397. The lowest BCUT2D eigenvalue weighted by atomic mass is 10.0. The highest BCUT2D eigenvalue weighted by atomic mass is 16.5. The van der Waals surface area contributed by atoms with Crippen molar-refractivity contribution >= 4 is 11.9 Å². The molecule has 158 valence electrons. The van der Waals surface area contributed by atoms with E-state index in [1.807, 2.05) is 6.92 Å². The first-order valence-electron chi connectivity index (χ1n) is 10.1. The topological polar surface area (TPSA) is 78.4 Å². The number of nitrogens with zero attached hydrogens (tertiary/aromatic N) is 3. The Morgan fingerprint density at radius 2 is 1.96 bits per heavy atom. The summed E-state index contributed by atoms with van der Waals surface area (Å²) in [5, 5.41) is 6.74. The molecule has 0 radical (unpaired) electrons. The minimum absolute atomic E-state index is 0.0148. The molecule has 8 nitrogen and oxygen atoms in total. The average Bonchev–Trinajstić information content (AvgIpc) is 2.65. The number of hydrogen-bond donors (Lipinski definition) is 2. The van der Waals surface area contributed by atoms with Crippen molar-refractivity contribution in [2.24, 2.45) is 10.9 Å². The van der Waals surface area contributed by atoms with Crippen molar-refractivity contribution in [3.05, 3.63) is 0 Å². The molecule has 1 aliphatic heterocycles. The number of aliphatic imine (C=N–C) groups is 1. The van der Waals surface area contributed by atoms with Crippen LogP contribution < -0.4 is 10.6 Å². The summed E-state index contributed by atoms with van der Waals surface area (Å²) >= 11 is 0. The summed E-state index contributed by atoms with van der Waals surface area (Å²) < 4.78 is 10.9. The number of likely N-dealkylation sites (N-methyl/N-ethyl adjacent to an activating group) is 1. The van der Waals surface area contributed by atoms with Crippen molar-refractivity contribution in [2.45, 2.75) is 33.2 Å². The van der Waals surface area contributed by atoms with E-state index in [0.717, 1.165) is 59.0 Å². The fourth-order valence-electron chi connectivity index (χ4n) is 2.88. The van der Waals surface area contributed by atoms with Crippen molar-refractivity contribution in [2.75, 3.05) is 73.2 Å². The van der Waals surface area contributed by atoms with Gasteiger partial charge < -0.3 is 25.0 Å². The molecule has 0 aromatic carbocycles. The van der Waals surface area contributed by atoms with Crippen LogP contribution in [0.25, 0.3) is 0 Å². The van der Waals surface area contributed by atoms with Gasteiger partial charge in [-0.1, -0.05) is 13.8 Å². The summed E-state index contributed by atoms with van der Waals surface area (Å²) in [6.07, 6.45) is 0.896. The maximum absolute atomic E-state index is 11.9. The van der Waals surface area contributed by atoms with Crippen LogP contribution in [0.15, 0.2) is 4.99 Å². The van der Waals surface area contributed by atoms with Crippen LogP contribution in [0.2, 0.25) is 0 Å². The molecule has 1 unspecified atom stereocenters. The zero-order valence-electron chi connectivity index (χ0n) is 17.8. The van der Waals surface area contributed by atoms with Gasteiger partial charge in [-0.25, -0.2) is 4.99 Å². The normalized spacial score (nSPS) is 17.0. The lowest BCUT2D eigenvalue weighted by Crippen LogP contribution is -2.52. The van der Waals surface area contributed by atoms with E-state index in [-0.39, 0.29) is 12.5 Å². The van der Waals surface area contributed by atoms with E-state index < -0.39 is 0 Å². The third-order valence-electron chi connectivity index (χ3n) is 4.60. The van der Waals surface area contributed by atoms with Gasteiger partial charge in [-0.05, 0) is 19.3 Å². The molecule has 1 atom stereocenters. The molecule has 0 saturated carbocycles. The van der Waals surface area contributed by atoms with Gasteiger partial charge in [-0.3, -0.25) is 9.69 Å². The smallest absolute Gasteiger partial charge is 0.243 e. The van der Waals surface area contributed by atoms with E-state index in [9.17, 15) is 4.79 Å². The van der Waals surface area contributed by atoms with Gasteiger partial charge in [0.15, 0.2) is 5.96 Å².